The van der Waals surface area contributed by atoms with Gasteiger partial charge in [0, 0.05) is 24.6 Å². The molecule has 3 N–H and O–H groups in total. The standard InChI is InChI=1S/C16H20N4O/c1-2-3-8-20-9-13(11-4-6-12(21)7-5-11)14-15(17)18-10-19-16(14)20/h4-7,10,13,21H,2-3,8-9H2,1H3,(H2,17,18,19). The van der Waals surface area contributed by atoms with Gasteiger partial charge in [-0.05, 0) is 24.1 Å². The lowest BCUT2D eigenvalue weighted by atomic mass is 9.94. The Hall–Kier alpha value is -2.30. The fraction of sp³-hybridized carbons (Fsp3) is 0.375. The Balaban J connectivity index is 1.98. The fourth-order valence-electron chi connectivity index (χ4n) is 2.91. The molecule has 0 radical (unpaired) electrons. The Bertz CT molecular complexity index is 627. The zero-order valence-corrected chi connectivity index (χ0v) is 12.2. The molecular weight excluding hydrogens is 264 g/mol. The summed E-state index contributed by atoms with van der Waals surface area (Å²) in [4.78, 5) is 10.9. The molecule has 0 spiro atoms. The monoisotopic (exact) mass is 284 g/mol. The summed E-state index contributed by atoms with van der Waals surface area (Å²) in [6.45, 7) is 4.03. The van der Waals surface area contributed by atoms with Crippen molar-refractivity contribution in [2.45, 2.75) is 25.7 Å². The number of hydrogen-bond acceptors (Lipinski definition) is 5. The van der Waals surface area contributed by atoms with Crippen molar-refractivity contribution < 1.29 is 5.11 Å². The molecule has 1 aliphatic heterocycles. The van der Waals surface area contributed by atoms with Crippen molar-refractivity contribution in [1.82, 2.24) is 9.97 Å². The summed E-state index contributed by atoms with van der Waals surface area (Å²) < 4.78 is 0. The van der Waals surface area contributed by atoms with Gasteiger partial charge in [-0.1, -0.05) is 25.5 Å². The first kappa shape index (κ1) is 13.7. The molecule has 5 heteroatoms. The van der Waals surface area contributed by atoms with Gasteiger partial charge in [0.05, 0.1) is 0 Å². The highest BCUT2D eigenvalue weighted by Crippen LogP contribution is 2.41. The van der Waals surface area contributed by atoms with Crippen LogP contribution in [-0.2, 0) is 0 Å². The molecule has 21 heavy (non-hydrogen) atoms. The molecule has 1 aliphatic rings. The van der Waals surface area contributed by atoms with Crippen LogP contribution in [0.3, 0.4) is 0 Å². The SMILES string of the molecule is CCCCN1CC(c2ccc(O)cc2)c2c(N)ncnc21. The average Bonchev–Trinajstić information content (AvgIpc) is 2.86. The number of aromatic nitrogens is 2. The van der Waals surface area contributed by atoms with E-state index in [0.29, 0.717) is 5.82 Å². The van der Waals surface area contributed by atoms with Crippen molar-refractivity contribution in [3.63, 3.8) is 0 Å². The van der Waals surface area contributed by atoms with Crippen LogP contribution in [0.5, 0.6) is 5.75 Å². The molecule has 0 saturated carbocycles. The molecule has 2 heterocycles. The van der Waals surface area contributed by atoms with E-state index in [1.807, 2.05) is 12.1 Å². The van der Waals surface area contributed by atoms with Gasteiger partial charge < -0.3 is 15.7 Å². The zero-order chi connectivity index (χ0) is 14.8. The maximum atomic E-state index is 9.46. The van der Waals surface area contributed by atoms with E-state index < -0.39 is 0 Å². The first-order chi connectivity index (χ1) is 10.2. The van der Waals surface area contributed by atoms with E-state index in [0.717, 1.165) is 42.9 Å². The van der Waals surface area contributed by atoms with E-state index in [2.05, 4.69) is 21.8 Å². The maximum absolute atomic E-state index is 9.46. The second-order valence-corrected chi connectivity index (χ2v) is 5.44. The predicted octanol–water partition coefficient (Wildman–Crippen LogP) is 2.52. The largest absolute Gasteiger partial charge is 0.508 e. The van der Waals surface area contributed by atoms with Crippen LogP contribution < -0.4 is 10.6 Å². The van der Waals surface area contributed by atoms with Crippen LogP contribution in [0.25, 0.3) is 0 Å². The van der Waals surface area contributed by atoms with Gasteiger partial charge in [0.1, 0.15) is 23.7 Å². The maximum Gasteiger partial charge on any atom is 0.138 e. The molecule has 0 amide bonds. The summed E-state index contributed by atoms with van der Waals surface area (Å²) in [5, 5.41) is 9.46. The Morgan fingerprint density at radius 2 is 2.05 bits per heavy atom. The highest BCUT2D eigenvalue weighted by Gasteiger charge is 2.33. The number of benzene rings is 1. The quantitative estimate of drug-likeness (QED) is 0.902. The third-order valence-electron chi connectivity index (χ3n) is 4.02. The Labute approximate surface area is 124 Å². The second-order valence-electron chi connectivity index (χ2n) is 5.44. The van der Waals surface area contributed by atoms with Crippen LogP contribution in [0.15, 0.2) is 30.6 Å². The minimum Gasteiger partial charge on any atom is -0.508 e. The number of anilines is 2. The van der Waals surface area contributed by atoms with E-state index in [-0.39, 0.29) is 11.7 Å². The molecule has 1 unspecified atom stereocenters. The second kappa shape index (κ2) is 5.60. The van der Waals surface area contributed by atoms with Gasteiger partial charge in [0.2, 0.25) is 0 Å². The Kier molecular flexibility index (Phi) is 3.64. The van der Waals surface area contributed by atoms with E-state index >= 15 is 0 Å². The number of nitrogens with zero attached hydrogens (tertiary/aromatic N) is 3. The summed E-state index contributed by atoms with van der Waals surface area (Å²) in [6, 6.07) is 7.31. The van der Waals surface area contributed by atoms with Crippen molar-refractivity contribution in [1.29, 1.82) is 0 Å². The van der Waals surface area contributed by atoms with Crippen molar-refractivity contribution in [3.05, 3.63) is 41.7 Å². The summed E-state index contributed by atoms with van der Waals surface area (Å²) in [6.07, 6.45) is 3.81. The van der Waals surface area contributed by atoms with Crippen LogP contribution in [0, 0.1) is 0 Å². The van der Waals surface area contributed by atoms with Gasteiger partial charge in [-0.15, -0.1) is 0 Å². The molecule has 1 atom stereocenters. The van der Waals surface area contributed by atoms with Crippen LogP contribution in [0.2, 0.25) is 0 Å². The molecule has 110 valence electrons. The minimum absolute atomic E-state index is 0.165. The van der Waals surface area contributed by atoms with Crippen molar-refractivity contribution >= 4 is 11.6 Å². The Morgan fingerprint density at radius 3 is 2.76 bits per heavy atom. The van der Waals surface area contributed by atoms with Crippen molar-refractivity contribution in [3.8, 4) is 5.75 Å². The van der Waals surface area contributed by atoms with Crippen molar-refractivity contribution in [2.75, 3.05) is 23.7 Å². The first-order valence-corrected chi connectivity index (χ1v) is 7.35. The molecule has 0 fully saturated rings. The highest BCUT2D eigenvalue weighted by atomic mass is 16.3. The number of phenolic OH excluding ortho intramolecular Hbond substituents is 1. The molecule has 1 aromatic heterocycles. The number of nitrogen functional groups attached to an aromatic ring is 1. The number of nitrogens with two attached hydrogens (primary N) is 1. The lowest BCUT2D eigenvalue weighted by Crippen LogP contribution is -2.23. The lowest BCUT2D eigenvalue weighted by Gasteiger charge is -2.18. The van der Waals surface area contributed by atoms with Crippen molar-refractivity contribution in [2.24, 2.45) is 0 Å². The molecule has 0 saturated heterocycles. The third-order valence-corrected chi connectivity index (χ3v) is 4.02. The summed E-state index contributed by atoms with van der Waals surface area (Å²) in [5.74, 6) is 1.95. The Morgan fingerprint density at radius 1 is 1.29 bits per heavy atom. The number of rotatable bonds is 4. The average molecular weight is 284 g/mol. The zero-order valence-electron chi connectivity index (χ0n) is 12.2. The van der Waals surface area contributed by atoms with E-state index in [9.17, 15) is 5.11 Å². The molecule has 1 aromatic carbocycles. The van der Waals surface area contributed by atoms with Gasteiger partial charge in [-0.25, -0.2) is 9.97 Å². The van der Waals surface area contributed by atoms with Crippen LogP contribution in [-0.4, -0.2) is 28.2 Å². The first-order valence-electron chi connectivity index (χ1n) is 7.35. The molecule has 0 bridgehead atoms. The molecule has 2 aromatic rings. The van der Waals surface area contributed by atoms with E-state index in [1.54, 1.807) is 12.1 Å². The third kappa shape index (κ3) is 2.51. The van der Waals surface area contributed by atoms with Gasteiger partial charge in [0.25, 0.3) is 0 Å². The van der Waals surface area contributed by atoms with Crippen LogP contribution in [0.1, 0.15) is 36.8 Å². The van der Waals surface area contributed by atoms with Gasteiger partial charge in [-0.2, -0.15) is 0 Å². The van der Waals surface area contributed by atoms with Crippen LogP contribution in [0.4, 0.5) is 11.6 Å². The summed E-state index contributed by atoms with van der Waals surface area (Å²) >= 11 is 0. The summed E-state index contributed by atoms with van der Waals surface area (Å²) in [5.41, 5.74) is 8.24. The lowest BCUT2D eigenvalue weighted by molar-refractivity contribution is 0.475. The van der Waals surface area contributed by atoms with Gasteiger partial charge in [-0.3, -0.25) is 0 Å². The normalized spacial score (nSPS) is 17.0. The van der Waals surface area contributed by atoms with E-state index in [1.165, 1.54) is 6.33 Å². The minimum atomic E-state index is 0.165. The molecule has 0 aliphatic carbocycles. The molecule has 3 rings (SSSR count). The number of phenols is 1. The number of fused-ring (bicyclic) bond motifs is 1. The highest BCUT2D eigenvalue weighted by molar-refractivity contribution is 5.65. The smallest absolute Gasteiger partial charge is 0.138 e. The number of aromatic hydroxyl groups is 1. The van der Waals surface area contributed by atoms with Gasteiger partial charge >= 0.3 is 0 Å². The summed E-state index contributed by atoms with van der Waals surface area (Å²) in [7, 11) is 0. The number of hydrogen-bond donors (Lipinski definition) is 2. The predicted molar refractivity (Wildman–Crippen MR) is 83.5 cm³/mol. The van der Waals surface area contributed by atoms with E-state index in [4.69, 9.17) is 5.73 Å². The van der Waals surface area contributed by atoms with Crippen LogP contribution >= 0.6 is 0 Å². The molecular formula is C16H20N4O. The number of unbranched alkanes of at least 4 members (excludes halogenated alkanes) is 1. The fourth-order valence-corrected chi connectivity index (χ4v) is 2.91. The topological polar surface area (TPSA) is 75.3 Å². The molecule has 5 nitrogen and oxygen atoms in total. The van der Waals surface area contributed by atoms with Gasteiger partial charge in [0.15, 0.2) is 0 Å².